The second-order valence-corrected chi connectivity index (χ2v) is 14.6. The fraction of sp³-hybridized carbons (Fsp3) is 0.676. The van der Waals surface area contributed by atoms with Gasteiger partial charge in [0.2, 0.25) is 5.95 Å². The number of hydrogen-bond donors (Lipinski definition) is 1. The van der Waals surface area contributed by atoms with Crippen molar-refractivity contribution < 1.29 is 14.3 Å². The lowest BCUT2D eigenvalue weighted by atomic mass is 9.43. The van der Waals surface area contributed by atoms with Crippen molar-refractivity contribution in [3.8, 4) is 5.75 Å². The minimum atomic E-state index is -0.475. The zero-order chi connectivity index (χ0) is 29.4. The highest BCUT2D eigenvalue weighted by Crippen LogP contribution is 2.75. The van der Waals surface area contributed by atoms with Crippen LogP contribution in [0.4, 0.5) is 10.7 Å². The number of alkyl carbamates (subject to hydrolysis) is 1. The number of hydrogen-bond acceptors (Lipinski definition) is 7. The number of likely N-dealkylation sites (tertiary alicyclic amines) is 1. The van der Waals surface area contributed by atoms with E-state index in [-0.39, 0.29) is 16.9 Å². The molecule has 6 atom stereocenters. The zero-order valence-electron chi connectivity index (χ0n) is 26.2. The number of anilines is 1. The Bertz CT molecular complexity index is 1370. The molecule has 1 aromatic heterocycles. The number of carbonyl (C=O) groups is 1. The van der Waals surface area contributed by atoms with Crippen molar-refractivity contribution >= 4 is 12.0 Å². The summed E-state index contributed by atoms with van der Waals surface area (Å²) in [5.41, 5.74) is 5.16. The van der Waals surface area contributed by atoms with E-state index in [0.29, 0.717) is 30.5 Å². The number of aromatic nitrogens is 2. The summed E-state index contributed by atoms with van der Waals surface area (Å²) in [5.74, 6) is 3.18. The van der Waals surface area contributed by atoms with Crippen molar-refractivity contribution in [1.29, 1.82) is 0 Å². The number of piperidine rings is 1. The first kappa shape index (κ1) is 27.9. The Morgan fingerprint density at radius 1 is 1.14 bits per heavy atom. The Labute approximate surface area is 250 Å². The predicted octanol–water partition coefficient (Wildman–Crippen LogP) is 5.19. The fourth-order valence-electron chi connectivity index (χ4n) is 10.3. The largest absolute Gasteiger partial charge is 0.497 e. The summed E-state index contributed by atoms with van der Waals surface area (Å²) in [6, 6.07) is 10.0. The minimum Gasteiger partial charge on any atom is -0.497 e. The van der Waals surface area contributed by atoms with E-state index < -0.39 is 5.60 Å². The van der Waals surface area contributed by atoms with Crippen LogP contribution in [0, 0.1) is 31.1 Å². The second-order valence-electron chi connectivity index (χ2n) is 14.6. The maximum Gasteiger partial charge on any atom is 0.407 e. The summed E-state index contributed by atoms with van der Waals surface area (Å²) in [6.45, 7) is 13.7. The van der Waals surface area contributed by atoms with Gasteiger partial charge in [-0.15, -0.1) is 0 Å². The first-order valence-electron chi connectivity index (χ1n) is 16.0. The van der Waals surface area contributed by atoms with Gasteiger partial charge in [0.25, 0.3) is 0 Å². The van der Waals surface area contributed by atoms with Gasteiger partial charge in [0.15, 0.2) is 0 Å². The van der Waals surface area contributed by atoms with Gasteiger partial charge in [-0.1, -0.05) is 6.07 Å². The molecule has 5 aliphatic rings. The Kier molecular flexibility index (Phi) is 6.54. The highest BCUT2D eigenvalue weighted by atomic mass is 16.6. The quantitative estimate of drug-likeness (QED) is 0.477. The van der Waals surface area contributed by atoms with Crippen LogP contribution in [-0.4, -0.2) is 71.9 Å². The molecule has 2 aliphatic heterocycles. The number of methoxy groups -OCH3 is 1. The number of ether oxygens (including phenoxy) is 2. The molecule has 4 fully saturated rings. The molecule has 1 amide bonds. The average Bonchev–Trinajstić information content (AvgIpc) is 3.37. The van der Waals surface area contributed by atoms with Crippen LogP contribution in [0.15, 0.2) is 24.3 Å². The molecule has 8 nitrogen and oxygen atoms in total. The van der Waals surface area contributed by atoms with Gasteiger partial charge in [-0.25, -0.2) is 14.8 Å². The van der Waals surface area contributed by atoms with E-state index in [0.717, 1.165) is 55.6 Å². The summed E-state index contributed by atoms with van der Waals surface area (Å²) < 4.78 is 11.3. The second kappa shape index (κ2) is 9.83. The minimum absolute atomic E-state index is 0.159. The van der Waals surface area contributed by atoms with Crippen molar-refractivity contribution in [1.82, 2.24) is 20.2 Å². The molecule has 5 unspecified atom stereocenters. The lowest BCUT2D eigenvalue weighted by Gasteiger charge is -2.66. The average molecular weight is 574 g/mol. The fourth-order valence-corrected chi connectivity index (χ4v) is 10.3. The molecule has 2 saturated heterocycles. The van der Waals surface area contributed by atoms with E-state index in [4.69, 9.17) is 19.4 Å². The lowest BCUT2D eigenvalue weighted by Crippen LogP contribution is -2.69. The molecule has 226 valence electrons. The molecule has 8 heteroatoms. The summed E-state index contributed by atoms with van der Waals surface area (Å²) in [7, 11) is 1.80. The van der Waals surface area contributed by atoms with Crippen LogP contribution in [0.2, 0.25) is 0 Å². The third-order valence-electron chi connectivity index (χ3n) is 11.3. The van der Waals surface area contributed by atoms with Crippen LogP contribution in [0.3, 0.4) is 0 Å². The molecule has 0 radical (unpaired) electrons. The highest BCUT2D eigenvalue weighted by molar-refractivity contribution is 5.67. The van der Waals surface area contributed by atoms with Gasteiger partial charge in [-0.05, 0) is 126 Å². The first-order valence-corrected chi connectivity index (χ1v) is 16.0. The number of nitrogens with zero attached hydrogens (tertiary/aromatic N) is 4. The Morgan fingerprint density at radius 3 is 2.67 bits per heavy atom. The number of amides is 1. The number of benzene rings is 1. The third-order valence-corrected chi connectivity index (χ3v) is 11.3. The Morgan fingerprint density at radius 2 is 1.93 bits per heavy atom. The van der Waals surface area contributed by atoms with Gasteiger partial charge >= 0.3 is 6.09 Å². The monoisotopic (exact) mass is 573 g/mol. The van der Waals surface area contributed by atoms with Gasteiger partial charge in [-0.2, -0.15) is 0 Å². The summed E-state index contributed by atoms with van der Waals surface area (Å²) in [6.07, 6.45) is 6.64. The van der Waals surface area contributed by atoms with E-state index in [1.54, 1.807) is 12.7 Å². The maximum atomic E-state index is 12.2. The Balaban J connectivity index is 1.19. The molecule has 3 aliphatic carbocycles. The van der Waals surface area contributed by atoms with E-state index in [2.05, 4.69) is 53.2 Å². The van der Waals surface area contributed by atoms with Gasteiger partial charge in [-0.3, -0.25) is 4.90 Å². The molecule has 0 spiro atoms. The molecule has 1 aromatic carbocycles. The van der Waals surface area contributed by atoms with Crippen LogP contribution in [0.5, 0.6) is 5.75 Å². The van der Waals surface area contributed by atoms with E-state index in [9.17, 15) is 4.79 Å². The molecule has 7 rings (SSSR count). The number of carbonyl (C=O) groups excluding carboxylic acids is 1. The molecular weight excluding hydrogens is 526 g/mol. The third kappa shape index (κ3) is 4.15. The van der Waals surface area contributed by atoms with Crippen molar-refractivity contribution in [2.75, 3.05) is 38.2 Å². The summed E-state index contributed by atoms with van der Waals surface area (Å²) in [5, 5.41) is 2.98. The SMILES string of the molecule is COc1ccc2c(c1)C13CCN(CCCNC(=O)OC(C)(C)C)C(C2)C12CCC1C3[C@@H](CN1c1nc(C)cc(C)n1)C2. The van der Waals surface area contributed by atoms with Crippen LogP contribution >= 0.6 is 0 Å². The number of fused-ring (bicyclic) bond motifs is 1. The lowest BCUT2D eigenvalue weighted by molar-refractivity contribution is -0.0910. The standard InChI is InChI=1S/C34H47N5O3/c1-21-16-22(2)37-30(36-21)39-20-24-19-33-11-10-27(39)29(24)34(33)12-15-38(14-7-13-35-31(40)42-32(3,4)5)28(33)17-23-8-9-25(41-6)18-26(23)34/h8-9,16,18,24,27-29H,7,10-15,17,19-20H2,1-6H3,(H,35,40)/t24-,27?,28?,29?,33?,34?/m1/s1. The molecule has 4 bridgehead atoms. The number of rotatable bonds is 6. The number of aryl methyl sites for hydroxylation is 2. The van der Waals surface area contributed by atoms with Gasteiger partial charge in [0, 0.05) is 48.5 Å². The number of nitrogens with one attached hydrogen (secondary N) is 1. The van der Waals surface area contributed by atoms with E-state index in [1.807, 2.05) is 20.8 Å². The van der Waals surface area contributed by atoms with Crippen LogP contribution in [0.1, 0.15) is 75.4 Å². The molecule has 1 N–H and O–H groups in total. The molecule has 3 heterocycles. The maximum absolute atomic E-state index is 12.2. The molecule has 42 heavy (non-hydrogen) atoms. The van der Waals surface area contributed by atoms with Gasteiger partial charge < -0.3 is 19.7 Å². The zero-order valence-corrected chi connectivity index (χ0v) is 26.2. The van der Waals surface area contributed by atoms with E-state index >= 15 is 0 Å². The van der Waals surface area contributed by atoms with Crippen molar-refractivity contribution in [2.45, 2.75) is 96.2 Å². The first-order chi connectivity index (χ1) is 20.0. The van der Waals surface area contributed by atoms with Crippen molar-refractivity contribution in [3.05, 3.63) is 46.8 Å². The Hall–Kier alpha value is -2.87. The van der Waals surface area contributed by atoms with E-state index in [1.165, 1.54) is 31.2 Å². The smallest absolute Gasteiger partial charge is 0.407 e. The van der Waals surface area contributed by atoms with Crippen molar-refractivity contribution in [2.24, 2.45) is 17.3 Å². The summed E-state index contributed by atoms with van der Waals surface area (Å²) >= 11 is 0. The van der Waals surface area contributed by atoms with Crippen molar-refractivity contribution in [3.63, 3.8) is 0 Å². The predicted molar refractivity (Wildman–Crippen MR) is 163 cm³/mol. The highest BCUT2D eigenvalue weighted by Gasteiger charge is 2.76. The van der Waals surface area contributed by atoms with Gasteiger partial charge in [0.1, 0.15) is 11.4 Å². The van der Waals surface area contributed by atoms with Crippen LogP contribution in [0.25, 0.3) is 0 Å². The van der Waals surface area contributed by atoms with Gasteiger partial charge in [0.05, 0.1) is 7.11 Å². The summed E-state index contributed by atoms with van der Waals surface area (Å²) in [4.78, 5) is 27.5. The normalized spacial score (nSPS) is 32.8. The van der Waals surface area contributed by atoms with Crippen LogP contribution in [-0.2, 0) is 16.6 Å². The molecule has 2 saturated carbocycles. The molecular formula is C34H47N5O3. The molecule has 2 aromatic rings. The van der Waals surface area contributed by atoms with Crippen LogP contribution < -0.4 is 15.0 Å². The topological polar surface area (TPSA) is 79.8 Å².